The summed E-state index contributed by atoms with van der Waals surface area (Å²) in [5.74, 6) is 0.0919. The molecule has 0 spiro atoms. The van der Waals surface area contributed by atoms with E-state index in [1.54, 1.807) is 11.8 Å². The van der Waals surface area contributed by atoms with Crippen LogP contribution in [0, 0.1) is 13.8 Å². The number of nitrogens with one attached hydrogen (secondary N) is 1. The van der Waals surface area contributed by atoms with Gasteiger partial charge in [0.1, 0.15) is 0 Å². The highest BCUT2D eigenvalue weighted by molar-refractivity contribution is 8.00. The molecule has 2 nitrogen and oxygen atoms in total. The fourth-order valence-electron chi connectivity index (χ4n) is 2.88. The van der Waals surface area contributed by atoms with E-state index in [1.165, 1.54) is 16.7 Å². The molecule has 0 aromatic heterocycles. The smallest absolute Gasteiger partial charge is 0.233 e. The number of thioether (sulfide) groups is 1. The fourth-order valence-corrected chi connectivity index (χ4v) is 3.97. The Kier molecular flexibility index (Phi) is 7.39. The molecule has 0 bridgehead atoms. The first-order chi connectivity index (χ1) is 11.9. The monoisotopic (exact) mass is 375 g/mol. The maximum absolute atomic E-state index is 12.8. The minimum atomic E-state index is -0.110. The van der Waals surface area contributed by atoms with Gasteiger partial charge in [0.05, 0.1) is 11.3 Å². The second kappa shape index (κ2) is 9.30. The second-order valence-electron chi connectivity index (χ2n) is 6.30. The normalized spacial score (nSPS) is 13.3. The van der Waals surface area contributed by atoms with Crippen LogP contribution in [0.3, 0.4) is 0 Å². The molecule has 0 aliphatic carbocycles. The lowest BCUT2D eigenvalue weighted by Gasteiger charge is -2.23. The number of aryl methyl sites for hydroxylation is 2. The lowest BCUT2D eigenvalue weighted by Crippen LogP contribution is -2.35. The molecule has 0 saturated carbocycles. The third-order valence-corrected chi connectivity index (χ3v) is 5.91. The molecular weight excluding hydrogens is 350 g/mol. The Morgan fingerprint density at radius 3 is 2.32 bits per heavy atom. The number of carbonyl (C=O) groups excluding carboxylic acids is 1. The number of rotatable bonds is 7. The zero-order valence-electron chi connectivity index (χ0n) is 15.3. The van der Waals surface area contributed by atoms with Gasteiger partial charge in [-0.25, -0.2) is 0 Å². The first-order valence-corrected chi connectivity index (χ1v) is 10.00. The standard InChI is InChI=1S/C21H26ClNOS/c1-5-19(18-12-7-14(3)13-15(18)4)23-21(24)20(6-2)25-17-10-8-16(22)9-11-17/h7-13,19-20H,5-6H2,1-4H3,(H,23,24)/t19-,20+/m1/s1. The third-order valence-electron chi connectivity index (χ3n) is 4.28. The molecule has 2 aromatic rings. The van der Waals surface area contributed by atoms with Crippen LogP contribution in [0.4, 0.5) is 0 Å². The number of hydrogen-bond donors (Lipinski definition) is 1. The highest BCUT2D eigenvalue weighted by atomic mass is 35.5. The summed E-state index contributed by atoms with van der Waals surface area (Å²) in [6.07, 6.45) is 1.65. The van der Waals surface area contributed by atoms with Crippen molar-refractivity contribution in [2.24, 2.45) is 0 Å². The van der Waals surface area contributed by atoms with Crippen molar-refractivity contribution < 1.29 is 4.79 Å². The van der Waals surface area contributed by atoms with Crippen LogP contribution < -0.4 is 5.32 Å². The Hall–Kier alpha value is -1.45. The van der Waals surface area contributed by atoms with Crippen LogP contribution in [0.15, 0.2) is 47.4 Å². The number of halogens is 1. The Morgan fingerprint density at radius 1 is 1.08 bits per heavy atom. The van der Waals surface area contributed by atoms with E-state index in [-0.39, 0.29) is 17.2 Å². The summed E-state index contributed by atoms with van der Waals surface area (Å²) in [6, 6.07) is 14.1. The van der Waals surface area contributed by atoms with E-state index in [2.05, 4.69) is 44.3 Å². The molecule has 0 radical (unpaired) electrons. The molecule has 0 aliphatic rings. The van der Waals surface area contributed by atoms with Crippen molar-refractivity contribution in [3.8, 4) is 0 Å². The Labute approximate surface area is 160 Å². The molecular formula is C21H26ClNOS. The number of benzene rings is 2. The summed E-state index contributed by atoms with van der Waals surface area (Å²) in [7, 11) is 0. The molecule has 0 fully saturated rings. The third kappa shape index (κ3) is 5.52. The van der Waals surface area contributed by atoms with Gasteiger partial charge in [-0.3, -0.25) is 4.79 Å². The lowest BCUT2D eigenvalue weighted by atomic mass is 9.97. The first kappa shape index (κ1) is 19.9. The van der Waals surface area contributed by atoms with Crippen molar-refractivity contribution in [1.82, 2.24) is 5.32 Å². The average Bonchev–Trinajstić information content (AvgIpc) is 2.59. The molecule has 134 valence electrons. The van der Waals surface area contributed by atoms with Crippen LogP contribution in [0.25, 0.3) is 0 Å². The molecule has 1 amide bonds. The van der Waals surface area contributed by atoms with Crippen LogP contribution >= 0.6 is 23.4 Å². The average molecular weight is 376 g/mol. The molecule has 0 aliphatic heterocycles. The maximum Gasteiger partial charge on any atom is 0.233 e. The molecule has 25 heavy (non-hydrogen) atoms. The lowest BCUT2D eigenvalue weighted by molar-refractivity contribution is -0.121. The van der Waals surface area contributed by atoms with E-state index in [9.17, 15) is 4.79 Å². The molecule has 2 atom stereocenters. The largest absolute Gasteiger partial charge is 0.348 e. The molecule has 4 heteroatoms. The Bertz CT molecular complexity index is 714. The van der Waals surface area contributed by atoms with Gasteiger partial charge < -0.3 is 5.32 Å². The molecule has 0 unspecified atom stereocenters. The summed E-state index contributed by atoms with van der Waals surface area (Å²) in [5, 5.41) is 3.84. The SMILES string of the molecule is CC[C@H](Sc1ccc(Cl)cc1)C(=O)N[C@H](CC)c1ccc(C)cc1C. The highest BCUT2D eigenvalue weighted by Crippen LogP contribution is 2.28. The van der Waals surface area contributed by atoms with Gasteiger partial charge >= 0.3 is 0 Å². The van der Waals surface area contributed by atoms with Crippen LogP contribution in [0.5, 0.6) is 0 Å². The summed E-state index contributed by atoms with van der Waals surface area (Å²) in [4.78, 5) is 13.9. The number of hydrogen-bond acceptors (Lipinski definition) is 2. The minimum Gasteiger partial charge on any atom is -0.348 e. The molecule has 0 saturated heterocycles. The van der Waals surface area contributed by atoms with E-state index in [1.807, 2.05) is 31.2 Å². The van der Waals surface area contributed by atoms with Crippen LogP contribution in [-0.4, -0.2) is 11.2 Å². The molecule has 2 rings (SSSR count). The number of carbonyl (C=O) groups is 1. The minimum absolute atomic E-state index is 0.0490. The van der Waals surface area contributed by atoms with Crippen LogP contribution in [0.2, 0.25) is 5.02 Å². The van der Waals surface area contributed by atoms with Crippen molar-refractivity contribution in [3.05, 3.63) is 64.2 Å². The summed E-state index contributed by atoms with van der Waals surface area (Å²) >= 11 is 7.53. The van der Waals surface area contributed by atoms with Gasteiger partial charge in [0.25, 0.3) is 0 Å². The van der Waals surface area contributed by atoms with Crippen molar-refractivity contribution in [2.45, 2.75) is 56.7 Å². The van der Waals surface area contributed by atoms with Gasteiger partial charge in [-0.05, 0) is 62.1 Å². The predicted molar refractivity (Wildman–Crippen MR) is 108 cm³/mol. The highest BCUT2D eigenvalue weighted by Gasteiger charge is 2.22. The van der Waals surface area contributed by atoms with Gasteiger partial charge in [0, 0.05) is 9.92 Å². The Balaban J connectivity index is 2.09. The quantitative estimate of drug-likeness (QED) is 0.593. The van der Waals surface area contributed by atoms with Crippen molar-refractivity contribution >= 4 is 29.3 Å². The van der Waals surface area contributed by atoms with Gasteiger partial charge in [0.2, 0.25) is 5.91 Å². The van der Waals surface area contributed by atoms with Gasteiger partial charge in [0.15, 0.2) is 0 Å². The van der Waals surface area contributed by atoms with E-state index in [0.717, 1.165) is 17.7 Å². The van der Waals surface area contributed by atoms with Gasteiger partial charge in [-0.1, -0.05) is 49.2 Å². The van der Waals surface area contributed by atoms with Gasteiger partial charge in [-0.15, -0.1) is 11.8 Å². The summed E-state index contributed by atoms with van der Waals surface area (Å²) in [5.41, 5.74) is 3.67. The summed E-state index contributed by atoms with van der Waals surface area (Å²) in [6.45, 7) is 8.35. The topological polar surface area (TPSA) is 29.1 Å². The van der Waals surface area contributed by atoms with Crippen LogP contribution in [0.1, 0.15) is 49.4 Å². The molecule has 0 heterocycles. The van der Waals surface area contributed by atoms with Crippen LogP contribution in [-0.2, 0) is 4.79 Å². The van der Waals surface area contributed by atoms with Crippen molar-refractivity contribution in [1.29, 1.82) is 0 Å². The molecule has 2 aromatic carbocycles. The van der Waals surface area contributed by atoms with Crippen molar-refractivity contribution in [3.63, 3.8) is 0 Å². The van der Waals surface area contributed by atoms with E-state index < -0.39 is 0 Å². The van der Waals surface area contributed by atoms with E-state index in [0.29, 0.717) is 5.02 Å². The van der Waals surface area contributed by atoms with E-state index in [4.69, 9.17) is 11.6 Å². The summed E-state index contributed by atoms with van der Waals surface area (Å²) < 4.78 is 0. The van der Waals surface area contributed by atoms with Crippen molar-refractivity contribution in [2.75, 3.05) is 0 Å². The predicted octanol–water partition coefficient (Wildman–Crippen LogP) is 6.10. The number of amides is 1. The molecule has 1 N–H and O–H groups in total. The first-order valence-electron chi connectivity index (χ1n) is 8.74. The zero-order valence-corrected chi connectivity index (χ0v) is 16.9. The zero-order chi connectivity index (χ0) is 18.4. The second-order valence-corrected chi connectivity index (χ2v) is 8.01. The fraction of sp³-hybridized carbons (Fsp3) is 0.381. The Morgan fingerprint density at radius 2 is 1.76 bits per heavy atom. The van der Waals surface area contributed by atoms with Gasteiger partial charge in [-0.2, -0.15) is 0 Å². The van der Waals surface area contributed by atoms with E-state index >= 15 is 0 Å². The maximum atomic E-state index is 12.8.